The molecule has 0 atom stereocenters. The molecule has 0 unspecified atom stereocenters. The minimum atomic E-state index is -0.475. The van der Waals surface area contributed by atoms with Crippen LogP contribution in [0.1, 0.15) is 26.3 Å². The number of nitrogens with zero attached hydrogens (tertiary/aromatic N) is 2. The Morgan fingerprint density at radius 1 is 1.12 bits per heavy atom. The number of hydrogen-bond acceptors (Lipinski definition) is 5. The van der Waals surface area contributed by atoms with Crippen molar-refractivity contribution in [1.82, 2.24) is 4.90 Å². The number of amides is 1. The van der Waals surface area contributed by atoms with Crippen LogP contribution in [0.25, 0.3) is 0 Å². The zero-order chi connectivity index (χ0) is 17.7. The lowest BCUT2D eigenvalue weighted by molar-refractivity contribution is -0.384. The minimum Gasteiger partial charge on any atom is -0.465 e. The first-order chi connectivity index (χ1) is 11.4. The fourth-order valence-electron chi connectivity index (χ4n) is 2.20. The van der Waals surface area contributed by atoms with E-state index in [4.69, 9.17) is 0 Å². The molecule has 0 bridgehead atoms. The molecular weight excluding hydrogens is 312 g/mol. The average molecular weight is 328 g/mol. The first-order valence-electron chi connectivity index (χ1n) is 7.09. The normalized spacial score (nSPS) is 10.1. The third-order valence-corrected chi connectivity index (χ3v) is 3.44. The van der Waals surface area contributed by atoms with Crippen LogP contribution in [0, 0.1) is 10.1 Å². The van der Waals surface area contributed by atoms with Gasteiger partial charge in [-0.3, -0.25) is 14.9 Å². The minimum absolute atomic E-state index is 0.0178. The predicted molar refractivity (Wildman–Crippen MR) is 86.7 cm³/mol. The Morgan fingerprint density at radius 2 is 1.75 bits per heavy atom. The number of carbonyl (C=O) groups is 2. The molecule has 0 aliphatic heterocycles. The van der Waals surface area contributed by atoms with E-state index in [1.807, 2.05) is 0 Å². The van der Waals surface area contributed by atoms with Crippen molar-refractivity contribution in [1.29, 1.82) is 0 Å². The smallest absolute Gasteiger partial charge is 0.337 e. The van der Waals surface area contributed by atoms with Gasteiger partial charge in [-0.05, 0) is 29.8 Å². The van der Waals surface area contributed by atoms with E-state index in [0.717, 1.165) is 0 Å². The molecule has 2 aromatic carbocycles. The van der Waals surface area contributed by atoms with Gasteiger partial charge in [0.2, 0.25) is 0 Å². The molecule has 124 valence electrons. The summed E-state index contributed by atoms with van der Waals surface area (Å²) in [5.74, 6) is -0.725. The highest BCUT2D eigenvalue weighted by Gasteiger charge is 2.14. The van der Waals surface area contributed by atoms with Crippen LogP contribution in [-0.4, -0.2) is 35.9 Å². The molecule has 2 aromatic rings. The molecule has 0 saturated carbocycles. The first-order valence-corrected chi connectivity index (χ1v) is 7.09. The lowest BCUT2D eigenvalue weighted by atomic mass is 10.1. The fourth-order valence-corrected chi connectivity index (χ4v) is 2.20. The molecule has 0 aliphatic carbocycles. The average Bonchev–Trinajstić information content (AvgIpc) is 2.60. The van der Waals surface area contributed by atoms with Crippen molar-refractivity contribution in [2.24, 2.45) is 0 Å². The van der Waals surface area contributed by atoms with Gasteiger partial charge < -0.3 is 9.64 Å². The van der Waals surface area contributed by atoms with Gasteiger partial charge in [0.25, 0.3) is 11.6 Å². The number of rotatable bonds is 5. The highest BCUT2D eigenvalue weighted by molar-refractivity contribution is 5.96. The molecule has 7 nitrogen and oxygen atoms in total. The third-order valence-electron chi connectivity index (χ3n) is 3.44. The van der Waals surface area contributed by atoms with Crippen molar-refractivity contribution >= 4 is 17.6 Å². The fraction of sp³-hybridized carbons (Fsp3) is 0.176. The second-order valence-electron chi connectivity index (χ2n) is 5.16. The summed E-state index contributed by atoms with van der Waals surface area (Å²) in [6.07, 6.45) is 0. The number of hydrogen-bond donors (Lipinski definition) is 0. The van der Waals surface area contributed by atoms with E-state index in [9.17, 15) is 19.7 Å². The van der Waals surface area contributed by atoms with Crippen LogP contribution in [0.4, 0.5) is 5.69 Å². The van der Waals surface area contributed by atoms with Crippen molar-refractivity contribution in [3.8, 4) is 0 Å². The molecule has 0 aliphatic rings. The predicted octanol–water partition coefficient (Wildman–Crippen LogP) is 2.65. The first kappa shape index (κ1) is 17.1. The summed E-state index contributed by atoms with van der Waals surface area (Å²) < 4.78 is 4.60. The van der Waals surface area contributed by atoms with Gasteiger partial charge in [0.05, 0.1) is 17.6 Å². The van der Waals surface area contributed by atoms with E-state index in [2.05, 4.69) is 4.74 Å². The molecule has 0 saturated heterocycles. The largest absolute Gasteiger partial charge is 0.465 e. The number of non-ortho nitro benzene ring substituents is 1. The summed E-state index contributed by atoms with van der Waals surface area (Å²) in [5.41, 5.74) is 1.41. The Balaban J connectivity index is 2.10. The lowest BCUT2D eigenvalue weighted by Gasteiger charge is -2.17. The second kappa shape index (κ2) is 7.36. The van der Waals surface area contributed by atoms with Crippen LogP contribution in [0.5, 0.6) is 0 Å². The molecule has 1 amide bonds. The Bertz CT molecular complexity index is 771. The standard InChI is InChI=1S/C17H16N2O5/c1-18(11-12-4-3-5-15(10-12)19(22)23)16(20)13-6-8-14(9-7-13)17(21)24-2/h3-10H,11H2,1-2H3. The summed E-state index contributed by atoms with van der Waals surface area (Å²) in [4.78, 5) is 35.5. The Morgan fingerprint density at radius 3 is 2.33 bits per heavy atom. The maximum absolute atomic E-state index is 12.4. The summed E-state index contributed by atoms with van der Waals surface area (Å²) in [7, 11) is 2.89. The summed E-state index contributed by atoms with van der Waals surface area (Å²) >= 11 is 0. The monoisotopic (exact) mass is 328 g/mol. The number of carbonyl (C=O) groups excluding carboxylic acids is 2. The molecule has 0 N–H and O–H groups in total. The van der Waals surface area contributed by atoms with Crippen LogP contribution in [0.3, 0.4) is 0 Å². The number of nitro groups is 1. The van der Waals surface area contributed by atoms with Gasteiger partial charge in [-0.15, -0.1) is 0 Å². The van der Waals surface area contributed by atoms with Gasteiger partial charge in [0.1, 0.15) is 0 Å². The van der Waals surface area contributed by atoms with Gasteiger partial charge >= 0.3 is 5.97 Å². The van der Waals surface area contributed by atoms with Crippen LogP contribution >= 0.6 is 0 Å². The van der Waals surface area contributed by atoms with E-state index in [0.29, 0.717) is 16.7 Å². The molecule has 0 aromatic heterocycles. The van der Waals surface area contributed by atoms with Crippen LogP contribution < -0.4 is 0 Å². The molecule has 0 heterocycles. The molecule has 0 radical (unpaired) electrons. The molecule has 24 heavy (non-hydrogen) atoms. The van der Waals surface area contributed by atoms with Crippen LogP contribution in [0.15, 0.2) is 48.5 Å². The lowest BCUT2D eigenvalue weighted by Crippen LogP contribution is -2.26. The van der Waals surface area contributed by atoms with Crippen molar-refractivity contribution in [3.05, 3.63) is 75.3 Å². The Hall–Kier alpha value is -3.22. The zero-order valence-corrected chi connectivity index (χ0v) is 13.3. The van der Waals surface area contributed by atoms with Crippen LogP contribution in [0.2, 0.25) is 0 Å². The van der Waals surface area contributed by atoms with E-state index >= 15 is 0 Å². The van der Waals surface area contributed by atoms with Crippen molar-refractivity contribution < 1.29 is 19.2 Å². The molecule has 2 rings (SSSR count). The molecule has 0 spiro atoms. The number of ether oxygens (including phenoxy) is 1. The van der Waals surface area contributed by atoms with E-state index in [1.165, 1.54) is 36.3 Å². The number of benzene rings is 2. The van der Waals surface area contributed by atoms with E-state index < -0.39 is 10.9 Å². The quantitative estimate of drug-likeness (QED) is 0.478. The van der Waals surface area contributed by atoms with Gasteiger partial charge in [-0.1, -0.05) is 12.1 Å². The highest BCUT2D eigenvalue weighted by atomic mass is 16.6. The number of methoxy groups -OCH3 is 1. The summed E-state index contributed by atoms with van der Waals surface area (Å²) in [6, 6.07) is 12.2. The van der Waals surface area contributed by atoms with Crippen molar-refractivity contribution in [2.45, 2.75) is 6.54 Å². The Labute approximate surface area is 138 Å². The zero-order valence-electron chi connectivity index (χ0n) is 13.3. The molecule has 0 fully saturated rings. The SMILES string of the molecule is COC(=O)c1ccc(C(=O)N(C)Cc2cccc([N+](=O)[O-])c2)cc1. The van der Waals surface area contributed by atoms with Crippen LogP contribution in [-0.2, 0) is 11.3 Å². The number of esters is 1. The summed E-state index contributed by atoms with van der Waals surface area (Å²) in [5, 5.41) is 10.8. The van der Waals surface area contributed by atoms with Crippen molar-refractivity contribution in [3.63, 3.8) is 0 Å². The number of nitro benzene ring substituents is 1. The van der Waals surface area contributed by atoms with E-state index in [1.54, 1.807) is 31.3 Å². The van der Waals surface area contributed by atoms with Crippen molar-refractivity contribution in [2.75, 3.05) is 14.2 Å². The topological polar surface area (TPSA) is 89.8 Å². The van der Waals surface area contributed by atoms with Gasteiger partial charge in [-0.2, -0.15) is 0 Å². The highest BCUT2D eigenvalue weighted by Crippen LogP contribution is 2.15. The van der Waals surface area contributed by atoms with Gasteiger partial charge in [0.15, 0.2) is 0 Å². The van der Waals surface area contributed by atoms with Gasteiger partial charge in [0, 0.05) is 31.3 Å². The Kier molecular flexibility index (Phi) is 5.26. The molecular formula is C17H16N2O5. The maximum Gasteiger partial charge on any atom is 0.337 e. The molecule has 7 heteroatoms. The van der Waals surface area contributed by atoms with E-state index in [-0.39, 0.29) is 18.1 Å². The maximum atomic E-state index is 12.4. The third kappa shape index (κ3) is 3.95. The summed E-state index contributed by atoms with van der Waals surface area (Å²) in [6.45, 7) is 0.235. The van der Waals surface area contributed by atoms with Gasteiger partial charge in [-0.25, -0.2) is 4.79 Å². The second-order valence-corrected chi connectivity index (χ2v) is 5.16.